The molecule has 0 radical (unpaired) electrons. The zero-order valence-electron chi connectivity index (χ0n) is 17.0. The van der Waals surface area contributed by atoms with Gasteiger partial charge in [-0.25, -0.2) is 9.78 Å². The molecule has 0 unspecified atom stereocenters. The highest BCUT2D eigenvalue weighted by molar-refractivity contribution is 5.87. The Kier molecular flexibility index (Phi) is 6.71. The lowest BCUT2D eigenvalue weighted by Crippen LogP contribution is -2.24. The number of nitrogens with zero attached hydrogens (tertiary/aromatic N) is 3. The minimum absolute atomic E-state index is 0.0174. The molecule has 1 aromatic carbocycles. The number of aryl methyl sites for hydroxylation is 1. The zero-order chi connectivity index (χ0) is 23.3. The lowest BCUT2D eigenvalue weighted by Gasteiger charge is -2.10. The van der Waals surface area contributed by atoms with Crippen LogP contribution in [0.25, 0.3) is 11.4 Å². The van der Waals surface area contributed by atoms with Gasteiger partial charge in [-0.05, 0) is 30.2 Å². The molecule has 0 aliphatic heterocycles. The number of alkyl carbamates (subject to hydrolysis) is 1. The van der Waals surface area contributed by atoms with E-state index in [-0.39, 0.29) is 24.9 Å². The Balaban J connectivity index is 1.52. The van der Waals surface area contributed by atoms with Gasteiger partial charge in [-0.15, -0.1) is 0 Å². The molecular formula is C20H18F3N5O4. The summed E-state index contributed by atoms with van der Waals surface area (Å²) in [4.78, 5) is 30.3. The molecule has 2 N–H and O–H groups in total. The van der Waals surface area contributed by atoms with Crippen molar-refractivity contribution in [3.8, 4) is 11.4 Å². The number of rotatable bonds is 6. The van der Waals surface area contributed by atoms with E-state index in [4.69, 9.17) is 4.74 Å². The van der Waals surface area contributed by atoms with Gasteiger partial charge >= 0.3 is 18.2 Å². The normalized spacial score (nSPS) is 11.2. The van der Waals surface area contributed by atoms with Crippen LogP contribution in [0.15, 0.2) is 41.1 Å². The average Bonchev–Trinajstić information content (AvgIpc) is 3.23. The van der Waals surface area contributed by atoms with Crippen molar-refractivity contribution < 1.29 is 32.0 Å². The van der Waals surface area contributed by atoms with Crippen molar-refractivity contribution in [3.05, 3.63) is 59.1 Å². The third-order valence-corrected chi connectivity index (χ3v) is 4.19. The second-order valence-electron chi connectivity index (χ2n) is 6.72. The number of alkyl halides is 3. The van der Waals surface area contributed by atoms with Crippen LogP contribution in [-0.4, -0.2) is 27.1 Å². The van der Waals surface area contributed by atoms with Gasteiger partial charge in [0.25, 0.3) is 0 Å². The van der Waals surface area contributed by atoms with Gasteiger partial charge in [0.05, 0.1) is 0 Å². The maximum absolute atomic E-state index is 12.6. The molecular weight excluding hydrogens is 431 g/mol. The van der Waals surface area contributed by atoms with Crippen molar-refractivity contribution in [1.29, 1.82) is 0 Å². The van der Waals surface area contributed by atoms with E-state index in [1.54, 1.807) is 31.2 Å². The minimum Gasteiger partial charge on any atom is -0.445 e. The highest BCUT2D eigenvalue weighted by Gasteiger charge is 2.38. The summed E-state index contributed by atoms with van der Waals surface area (Å²) < 4.78 is 47.2. The van der Waals surface area contributed by atoms with Gasteiger partial charge in [-0.3, -0.25) is 4.79 Å². The molecule has 168 valence electrons. The van der Waals surface area contributed by atoms with Crippen LogP contribution in [0.1, 0.15) is 29.5 Å². The van der Waals surface area contributed by atoms with Crippen molar-refractivity contribution in [1.82, 2.24) is 20.4 Å². The average molecular weight is 449 g/mol. The summed E-state index contributed by atoms with van der Waals surface area (Å²) in [5.74, 6) is -1.45. The standard InChI is InChI=1S/C20H18F3N5O4/c1-11-7-14(17-27-18(32-28-17)20(21,22)23)4-5-15(11)9-25-19(30)31-10-13-3-6-16(24-8-13)26-12(2)29/h3-8H,9-10H2,1-2H3,(H,25,30)(H,24,26,29). The third-order valence-electron chi connectivity index (χ3n) is 4.19. The first-order chi connectivity index (χ1) is 15.1. The second-order valence-corrected chi connectivity index (χ2v) is 6.72. The van der Waals surface area contributed by atoms with Gasteiger partial charge in [-0.1, -0.05) is 23.4 Å². The van der Waals surface area contributed by atoms with Crippen molar-refractivity contribution in [3.63, 3.8) is 0 Å². The van der Waals surface area contributed by atoms with Crippen LogP contribution < -0.4 is 10.6 Å². The first-order valence-corrected chi connectivity index (χ1v) is 9.26. The molecule has 0 saturated carbocycles. The predicted octanol–water partition coefficient (Wildman–Crippen LogP) is 3.84. The molecule has 32 heavy (non-hydrogen) atoms. The first-order valence-electron chi connectivity index (χ1n) is 9.26. The molecule has 0 atom stereocenters. The fourth-order valence-electron chi connectivity index (χ4n) is 2.62. The van der Waals surface area contributed by atoms with Gasteiger partial charge in [0.15, 0.2) is 0 Å². The smallest absolute Gasteiger partial charge is 0.445 e. The van der Waals surface area contributed by atoms with Gasteiger partial charge in [-0.2, -0.15) is 18.2 Å². The fraction of sp³-hybridized carbons (Fsp3) is 0.250. The lowest BCUT2D eigenvalue weighted by atomic mass is 10.0. The van der Waals surface area contributed by atoms with E-state index in [1.165, 1.54) is 19.2 Å². The van der Waals surface area contributed by atoms with Crippen molar-refractivity contribution >= 4 is 17.8 Å². The summed E-state index contributed by atoms with van der Waals surface area (Å²) in [7, 11) is 0. The first kappa shape index (κ1) is 22.7. The third kappa shape index (κ3) is 6.03. The molecule has 2 heterocycles. The number of carbonyl (C=O) groups excluding carboxylic acids is 2. The van der Waals surface area contributed by atoms with Gasteiger partial charge in [0.1, 0.15) is 12.4 Å². The van der Waals surface area contributed by atoms with Crippen molar-refractivity contribution in [2.45, 2.75) is 33.2 Å². The molecule has 0 aliphatic rings. The number of aromatic nitrogens is 3. The summed E-state index contributed by atoms with van der Waals surface area (Å²) in [6, 6.07) is 8.01. The molecule has 0 spiro atoms. The number of ether oxygens (including phenoxy) is 1. The maximum Gasteiger partial charge on any atom is 0.471 e. The highest BCUT2D eigenvalue weighted by Crippen LogP contribution is 2.29. The minimum atomic E-state index is -4.71. The number of carbonyl (C=O) groups is 2. The maximum atomic E-state index is 12.6. The second kappa shape index (κ2) is 9.45. The quantitative estimate of drug-likeness (QED) is 0.587. The van der Waals surface area contributed by atoms with Gasteiger partial charge in [0, 0.05) is 30.8 Å². The van der Waals surface area contributed by atoms with E-state index in [2.05, 4.69) is 30.3 Å². The van der Waals surface area contributed by atoms with Gasteiger partial charge < -0.3 is 19.9 Å². The van der Waals surface area contributed by atoms with Crippen LogP contribution >= 0.6 is 0 Å². The van der Waals surface area contributed by atoms with Crippen LogP contribution in [0.2, 0.25) is 0 Å². The molecule has 0 aliphatic carbocycles. The Bertz CT molecular complexity index is 1110. The summed E-state index contributed by atoms with van der Waals surface area (Å²) in [5, 5.41) is 8.47. The predicted molar refractivity (Wildman–Crippen MR) is 105 cm³/mol. The van der Waals surface area contributed by atoms with E-state index >= 15 is 0 Å². The van der Waals surface area contributed by atoms with Crippen molar-refractivity contribution in [2.24, 2.45) is 0 Å². The number of anilines is 1. The zero-order valence-corrected chi connectivity index (χ0v) is 17.0. The van der Waals surface area contributed by atoms with Crippen LogP contribution in [0.3, 0.4) is 0 Å². The molecule has 0 bridgehead atoms. The number of halogens is 3. The SMILES string of the molecule is CC(=O)Nc1ccc(COC(=O)NCc2ccc(-c3noc(C(F)(F)F)n3)cc2C)cn1. The summed E-state index contributed by atoms with van der Waals surface area (Å²) in [6.07, 6.45) is -3.90. The Morgan fingerprint density at radius 2 is 1.97 bits per heavy atom. The Labute approximate surface area is 180 Å². The van der Waals surface area contributed by atoms with E-state index in [0.717, 1.165) is 5.56 Å². The number of hydrogen-bond acceptors (Lipinski definition) is 7. The van der Waals surface area contributed by atoms with Crippen LogP contribution in [-0.2, 0) is 28.9 Å². The molecule has 3 aromatic rings. The molecule has 12 heteroatoms. The van der Waals surface area contributed by atoms with E-state index in [1.807, 2.05) is 0 Å². The molecule has 0 saturated heterocycles. The largest absolute Gasteiger partial charge is 0.471 e. The van der Waals surface area contributed by atoms with Crippen LogP contribution in [0, 0.1) is 6.92 Å². The summed E-state index contributed by atoms with van der Waals surface area (Å²) in [6.45, 7) is 3.23. The Hall–Kier alpha value is -3.96. The van der Waals surface area contributed by atoms with Crippen LogP contribution in [0.5, 0.6) is 0 Å². The van der Waals surface area contributed by atoms with E-state index in [9.17, 15) is 22.8 Å². The number of nitrogens with one attached hydrogen (secondary N) is 2. The number of pyridine rings is 1. The van der Waals surface area contributed by atoms with Crippen molar-refractivity contribution in [2.75, 3.05) is 5.32 Å². The topological polar surface area (TPSA) is 119 Å². The Morgan fingerprint density at radius 3 is 2.56 bits per heavy atom. The summed E-state index contributed by atoms with van der Waals surface area (Å²) >= 11 is 0. The number of amides is 2. The van der Waals surface area contributed by atoms with Gasteiger partial charge in [0.2, 0.25) is 11.7 Å². The number of hydrogen-bond donors (Lipinski definition) is 2. The lowest BCUT2D eigenvalue weighted by molar-refractivity contribution is -0.159. The van der Waals surface area contributed by atoms with Crippen LogP contribution in [0.4, 0.5) is 23.8 Å². The molecule has 2 amide bonds. The summed E-state index contributed by atoms with van der Waals surface area (Å²) in [5.41, 5.74) is 2.42. The molecule has 0 fully saturated rings. The molecule has 9 nitrogen and oxygen atoms in total. The van der Waals surface area contributed by atoms with E-state index < -0.39 is 18.2 Å². The monoisotopic (exact) mass is 449 g/mol. The highest BCUT2D eigenvalue weighted by atomic mass is 19.4. The number of benzene rings is 1. The molecule has 2 aromatic heterocycles. The Morgan fingerprint density at radius 1 is 1.19 bits per heavy atom. The van der Waals surface area contributed by atoms with E-state index in [0.29, 0.717) is 22.5 Å². The fourth-order valence-corrected chi connectivity index (χ4v) is 2.62. The molecule has 3 rings (SSSR count).